The molecule has 0 saturated carbocycles. The number of hydrogen-bond acceptors (Lipinski definition) is 5. The van der Waals surface area contributed by atoms with Gasteiger partial charge in [0.15, 0.2) is 0 Å². The zero-order chi connectivity index (χ0) is 16.5. The largest absolute Gasteiger partial charge is 0.486 e. The monoisotopic (exact) mass is 371 g/mol. The Kier molecular flexibility index (Phi) is 4.84. The minimum absolute atomic E-state index is 0.499. The van der Waals surface area contributed by atoms with E-state index in [-0.39, 0.29) is 0 Å². The molecule has 1 aromatic carbocycles. The van der Waals surface area contributed by atoms with E-state index in [0.29, 0.717) is 6.42 Å². The summed E-state index contributed by atoms with van der Waals surface area (Å²) in [6.45, 7) is 7.01. The number of ether oxygens (including phenoxy) is 2. The van der Waals surface area contributed by atoms with Gasteiger partial charge in [-0.05, 0) is 64.3 Å². The molecule has 0 amide bonds. The minimum Gasteiger partial charge on any atom is -0.486 e. The van der Waals surface area contributed by atoms with E-state index in [1.54, 1.807) is 27.7 Å². The van der Waals surface area contributed by atoms with E-state index in [1.165, 1.54) is 0 Å². The van der Waals surface area contributed by atoms with Crippen LogP contribution in [0.15, 0.2) is 22.7 Å². The lowest BCUT2D eigenvalue weighted by molar-refractivity contribution is -0.196. The molecule has 0 bridgehead atoms. The molecule has 1 aliphatic heterocycles. The number of rotatable bonds is 3. The fourth-order valence-corrected chi connectivity index (χ4v) is 2.79. The van der Waals surface area contributed by atoms with E-state index in [9.17, 15) is 4.79 Å². The Labute approximate surface area is 139 Å². The van der Waals surface area contributed by atoms with Gasteiger partial charge in [0.2, 0.25) is 5.60 Å². The number of carbonyl (C=O) groups excluding carboxylic acids is 1. The standard InChI is InChI=1S/C16H22BrNO4/c1-15(2,3)21-14(19)16(4,22-18)13-8-5-10-9-11(17)6-7-12(10)20-13/h6-7,9,13H,5,8,18H2,1-4H3/t13-,16?/m1/s1. The number of halogens is 1. The average Bonchev–Trinajstić information content (AvgIpc) is 2.43. The molecule has 2 rings (SSSR count). The third-order valence-electron chi connectivity index (χ3n) is 3.63. The van der Waals surface area contributed by atoms with Gasteiger partial charge in [-0.2, -0.15) is 0 Å². The third kappa shape index (κ3) is 3.62. The summed E-state index contributed by atoms with van der Waals surface area (Å²) in [4.78, 5) is 17.5. The summed E-state index contributed by atoms with van der Waals surface area (Å²) in [6.07, 6.45) is 0.901. The third-order valence-corrected chi connectivity index (χ3v) is 4.12. The smallest absolute Gasteiger partial charge is 0.344 e. The molecular weight excluding hydrogens is 350 g/mol. The van der Waals surface area contributed by atoms with E-state index in [0.717, 1.165) is 22.2 Å². The Morgan fingerprint density at radius 2 is 2.05 bits per heavy atom. The lowest BCUT2D eigenvalue weighted by Gasteiger charge is -2.38. The first-order valence-electron chi connectivity index (χ1n) is 7.22. The van der Waals surface area contributed by atoms with Gasteiger partial charge in [-0.3, -0.25) is 4.84 Å². The molecule has 1 aliphatic rings. The Hall–Kier alpha value is -1.11. The van der Waals surface area contributed by atoms with Crippen molar-refractivity contribution in [3.63, 3.8) is 0 Å². The van der Waals surface area contributed by atoms with Crippen molar-refractivity contribution in [2.75, 3.05) is 0 Å². The molecule has 2 atom stereocenters. The van der Waals surface area contributed by atoms with Crippen LogP contribution >= 0.6 is 15.9 Å². The second kappa shape index (κ2) is 6.18. The van der Waals surface area contributed by atoms with Gasteiger partial charge in [-0.25, -0.2) is 10.7 Å². The molecular formula is C16H22BrNO4. The Bertz CT molecular complexity index is 570. The second-order valence-electron chi connectivity index (χ2n) is 6.62. The van der Waals surface area contributed by atoms with Crippen LogP contribution in [-0.4, -0.2) is 23.3 Å². The summed E-state index contributed by atoms with van der Waals surface area (Å²) in [5, 5.41) is 0. The average molecular weight is 372 g/mol. The molecule has 6 heteroatoms. The fourth-order valence-electron chi connectivity index (χ4n) is 2.38. The maximum Gasteiger partial charge on any atom is 0.344 e. The van der Waals surface area contributed by atoms with Gasteiger partial charge in [-0.1, -0.05) is 15.9 Å². The van der Waals surface area contributed by atoms with Crippen molar-refractivity contribution in [2.45, 2.75) is 57.8 Å². The number of esters is 1. The van der Waals surface area contributed by atoms with E-state index in [4.69, 9.17) is 20.2 Å². The molecule has 0 aromatic heterocycles. The van der Waals surface area contributed by atoms with E-state index in [2.05, 4.69) is 15.9 Å². The number of fused-ring (bicyclic) bond motifs is 1. The second-order valence-corrected chi connectivity index (χ2v) is 7.54. The zero-order valence-corrected chi connectivity index (χ0v) is 14.9. The SMILES string of the molecule is CC(C)(C)OC(=O)C(C)(ON)[C@H]1CCc2cc(Br)ccc2O1. The first kappa shape index (κ1) is 17.2. The van der Waals surface area contributed by atoms with E-state index in [1.807, 2.05) is 18.2 Å². The Balaban J connectivity index is 2.22. The molecule has 0 radical (unpaired) electrons. The molecule has 1 unspecified atom stereocenters. The van der Waals surface area contributed by atoms with Gasteiger partial charge in [0, 0.05) is 4.47 Å². The van der Waals surface area contributed by atoms with Crippen LogP contribution in [0.1, 0.15) is 39.7 Å². The number of nitrogens with two attached hydrogens (primary N) is 1. The molecule has 0 aliphatic carbocycles. The van der Waals surface area contributed by atoms with Crippen LogP contribution in [0.25, 0.3) is 0 Å². The van der Waals surface area contributed by atoms with Gasteiger partial charge in [0.1, 0.15) is 17.5 Å². The summed E-state index contributed by atoms with van der Waals surface area (Å²) in [5.41, 5.74) is -0.874. The van der Waals surface area contributed by atoms with Crippen LogP contribution in [0.5, 0.6) is 5.75 Å². The van der Waals surface area contributed by atoms with Crippen LogP contribution in [0.4, 0.5) is 0 Å². The van der Waals surface area contributed by atoms with E-state index < -0.39 is 23.3 Å². The molecule has 1 heterocycles. The Morgan fingerprint density at radius 3 is 2.64 bits per heavy atom. The van der Waals surface area contributed by atoms with Crippen molar-refractivity contribution in [3.8, 4) is 5.75 Å². The molecule has 0 spiro atoms. The van der Waals surface area contributed by atoms with Crippen LogP contribution in [0, 0.1) is 0 Å². The summed E-state index contributed by atoms with van der Waals surface area (Å²) >= 11 is 3.44. The van der Waals surface area contributed by atoms with Gasteiger partial charge < -0.3 is 9.47 Å². The van der Waals surface area contributed by atoms with Crippen molar-refractivity contribution in [1.82, 2.24) is 0 Å². The van der Waals surface area contributed by atoms with Gasteiger partial charge in [0.25, 0.3) is 0 Å². The maximum atomic E-state index is 12.5. The Morgan fingerprint density at radius 1 is 1.36 bits per heavy atom. The zero-order valence-electron chi connectivity index (χ0n) is 13.3. The number of aryl methyl sites for hydroxylation is 1. The lowest BCUT2D eigenvalue weighted by atomic mass is 9.90. The maximum absolute atomic E-state index is 12.5. The number of hydrogen-bond donors (Lipinski definition) is 1. The van der Waals surface area contributed by atoms with E-state index >= 15 is 0 Å². The predicted molar refractivity (Wildman–Crippen MR) is 86.4 cm³/mol. The number of carbonyl (C=O) groups is 1. The molecule has 5 nitrogen and oxygen atoms in total. The first-order chi connectivity index (χ1) is 10.2. The molecule has 122 valence electrons. The summed E-state index contributed by atoms with van der Waals surface area (Å²) in [5.74, 6) is 5.64. The molecule has 2 N–H and O–H groups in total. The van der Waals surface area contributed by atoms with Gasteiger partial charge >= 0.3 is 5.97 Å². The van der Waals surface area contributed by atoms with Crippen LogP contribution in [0.3, 0.4) is 0 Å². The van der Waals surface area contributed by atoms with Crippen molar-refractivity contribution in [1.29, 1.82) is 0 Å². The normalized spacial score (nSPS) is 20.5. The van der Waals surface area contributed by atoms with Crippen molar-refractivity contribution >= 4 is 21.9 Å². The van der Waals surface area contributed by atoms with Crippen LogP contribution in [-0.2, 0) is 20.8 Å². The van der Waals surface area contributed by atoms with Gasteiger partial charge in [0.05, 0.1) is 0 Å². The summed E-state index contributed by atoms with van der Waals surface area (Å²) < 4.78 is 12.4. The molecule has 22 heavy (non-hydrogen) atoms. The predicted octanol–water partition coefficient (Wildman–Crippen LogP) is 3.13. The molecule has 1 aromatic rings. The highest BCUT2D eigenvalue weighted by atomic mass is 79.9. The summed E-state index contributed by atoms with van der Waals surface area (Å²) in [6, 6.07) is 5.78. The minimum atomic E-state index is -1.35. The highest BCUT2D eigenvalue weighted by Crippen LogP contribution is 2.35. The number of benzene rings is 1. The van der Waals surface area contributed by atoms with Crippen molar-refractivity contribution < 1.29 is 19.1 Å². The fraction of sp³-hybridized carbons (Fsp3) is 0.562. The highest BCUT2D eigenvalue weighted by Gasteiger charge is 2.48. The molecule has 0 fully saturated rings. The van der Waals surface area contributed by atoms with Crippen LogP contribution < -0.4 is 10.6 Å². The molecule has 0 saturated heterocycles. The topological polar surface area (TPSA) is 70.8 Å². The first-order valence-corrected chi connectivity index (χ1v) is 8.01. The summed E-state index contributed by atoms with van der Waals surface area (Å²) in [7, 11) is 0. The highest BCUT2D eigenvalue weighted by molar-refractivity contribution is 9.10. The van der Waals surface area contributed by atoms with Crippen molar-refractivity contribution in [3.05, 3.63) is 28.2 Å². The lowest BCUT2D eigenvalue weighted by Crippen LogP contribution is -2.56. The van der Waals surface area contributed by atoms with Crippen molar-refractivity contribution in [2.24, 2.45) is 5.90 Å². The van der Waals surface area contributed by atoms with Gasteiger partial charge in [-0.15, -0.1) is 0 Å². The van der Waals surface area contributed by atoms with Crippen LogP contribution in [0.2, 0.25) is 0 Å². The quantitative estimate of drug-likeness (QED) is 0.652.